The molecule has 2 amide bonds. The molecule has 2 aliphatic heterocycles. The van der Waals surface area contributed by atoms with Crippen molar-refractivity contribution in [1.82, 2.24) is 24.9 Å². The topological polar surface area (TPSA) is 62.6 Å². The third-order valence-corrected chi connectivity index (χ3v) is 6.10. The van der Waals surface area contributed by atoms with Crippen molar-refractivity contribution in [2.24, 2.45) is 13.0 Å². The molecule has 3 atom stereocenters. The maximum Gasteiger partial charge on any atom is 0.317 e. The zero-order chi connectivity index (χ0) is 19.4. The molecule has 0 spiro atoms. The number of piperidine rings is 1. The molecule has 1 aromatic rings. The van der Waals surface area contributed by atoms with E-state index >= 15 is 0 Å². The molecular weight excluding hydrogens is 342 g/mol. The summed E-state index contributed by atoms with van der Waals surface area (Å²) >= 11 is 0. The molecular formula is C20H35N5O2. The highest BCUT2D eigenvalue weighted by atomic mass is 16.5. The average Bonchev–Trinajstić information content (AvgIpc) is 3.28. The zero-order valence-electron chi connectivity index (χ0n) is 17.3. The molecule has 2 aliphatic rings. The van der Waals surface area contributed by atoms with Crippen LogP contribution in [0.2, 0.25) is 0 Å². The maximum absolute atomic E-state index is 12.6. The Morgan fingerprint density at radius 1 is 1.48 bits per heavy atom. The third kappa shape index (κ3) is 4.82. The monoisotopic (exact) mass is 377 g/mol. The highest BCUT2D eigenvalue weighted by molar-refractivity contribution is 5.73. The summed E-state index contributed by atoms with van der Waals surface area (Å²) in [6.45, 7) is 8.54. The number of amides is 2. The lowest BCUT2D eigenvalue weighted by Gasteiger charge is -2.42. The molecule has 2 saturated heterocycles. The van der Waals surface area contributed by atoms with Crippen LogP contribution in [-0.4, -0.2) is 71.0 Å². The quantitative estimate of drug-likeness (QED) is 0.827. The summed E-state index contributed by atoms with van der Waals surface area (Å²) in [5.74, 6) is 0.414. The zero-order valence-corrected chi connectivity index (χ0v) is 17.3. The van der Waals surface area contributed by atoms with Crippen LogP contribution in [0.15, 0.2) is 12.4 Å². The number of urea groups is 1. The number of nitrogens with one attached hydrogen (secondary N) is 1. The van der Waals surface area contributed by atoms with Crippen molar-refractivity contribution in [2.75, 3.05) is 39.8 Å². The Bertz CT molecular complexity index is 626. The number of hydrogen-bond donors (Lipinski definition) is 1. The first-order valence-electron chi connectivity index (χ1n) is 10.3. The van der Waals surface area contributed by atoms with E-state index in [0.29, 0.717) is 18.5 Å². The summed E-state index contributed by atoms with van der Waals surface area (Å²) < 4.78 is 7.65. The Morgan fingerprint density at radius 3 is 2.93 bits per heavy atom. The van der Waals surface area contributed by atoms with Crippen LogP contribution >= 0.6 is 0 Å². The van der Waals surface area contributed by atoms with Gasteiger partial charge in [-0.1, -0.05) is 6.92 Å². The van der Waals surface area contributed by atoms with Crippen LogP contribution in [0.1, 0.15) is 51.1 Å². The van der Waals surface area contributed by atoms with Gasteiger partial charge in [0.2, 0.25) is 0 Å². The van der Waals surface area contributed by atoms with Gasteiger partial charge in [0, 0.05) is 51.6 Å². The Hall–Kier alpha value is -1.60. The lowest BCUT2D eigenvalue weighted by atomic mass is 9.85. The Balaban J connectivity index is 1.61. The molecule has 0 saturated carbocycles. The number of carbonyl (C=O) groups excluding carboxylic acids is 1. The lowest BCUT2D eigenvalue weighted by molar-refractivity contribution is 0.0215. The van der Waals surface area contributed by atoms with E-state index in [4.69, 9.17) is 4.74 Å². The van der Waals surface area contributed by atoms with Crippen LogP contribution in [-0.2, 0) is 11.8 Å². The second-order valence-corrected chi connectivity index (χ2v) is 8.36. The number of rotatable bonds is 6. The number of ether oxygens (including phenoxy) is 1. The van der Waals surface area contributed by atoms with Crippen LogP contribution < -0.4 is 5.32 Å². The van der Waals surface area contributed by atoms with E-state index in [-0.39, 0.29) is 11.6 Å². The van der Waals surface area contributed by atoms with Crippen LogP contribution in [0.5, 0.6) is 0 Å². The number of likely N-dealkylation sites (tertiary alicyclic amines) is 1. The van der Waals surface area contributed by atoms with E-state index in [1.54, 1.807) is 0 Å². The van der Waals surface area contributed by atoms with Crippen molar-refractivity contribution in [2.45, 2.75) is 51.2 Å². The van der Waals surface area contributed by atoms with Crippen molar-refractivity contribution in [1.29, 1.82) is 0 Å². The summed E-state index contributed by atoms with van der Waals surface area (Å²) in [7, 11) is 3.86. The van der Waals surface area contributed by atoms with Crippen molar-refractivity contribution >= 4 is 6.03 Å². The summed E-state index contributed by atoms with van der Waals surface area (Å²) in [6.07, 6.45) is 8.48. The predicted molar refractivity (Wildman–Crippen MR) is 106 cm³/mol. The largest absolute Gasteiger partial charge is 0.373 e. The van der Waals surface area contributed by atoms with Gasteiger partial charge < -0.3 is 15.0 Å². The van der Waals surface area contributed by atoms with Gasteiger partial charge in [0.15, 0.2) is 0 Å². The number of hydrogen-bond acceptors (Lipinski definition) is 4. The second kappa shape index (κ2) is 8.61. The predicted octanol–water partition coefficient (Wildman–Crippen LogP) is 2.40. The van der Waals surface area contributed by atoms with E-state index < -0.39 is 0 Å². The molecule has 7 nitrogen and oxygen atoms in total. The second-order valence-electron chi connectivity index (χ2n) is 8.36. The van der Waals surface area contributed by atoms with E-state index in [1.807, 2.05) is 29.9 Å². The van der Waals surface area contributed by atoms with Crippen LogP contribution in [0.4, 0.5) is 4.79 Å². The minimum Gasteiger partial charge on any atom is -0.373 e. The van der Waals surface area contributed by atoms with Gasteiger partial charge in [0.1, 0.15) is 0 Å². The van der Waals surface area contributed by atoms with Crippen molar-refractivity contribution < 1.29 is 9.53 Å². The van der Waals surface area contributed by atoms with Gasteiger partial charge in [-0.25, -0.2) is 4.79 Å². The minimum absolute atomic E-state index is 0.00900. The van der Waals surface area contributed by atoms with Crippen LogP contribution in [0.25, 0.3) is 0 Å². The molecule has 0 unspecified atom stereocenters. The van der Waals surface area contributed by atoms with Crippen LogP contribution in [0, 0.1) is 5.92 Å². The van der Waals surface area contributed by atoms with E-state index in [2.05, 4.69) is 35.4 Å². The van der Waals surface area contributed by atoms with Crippen LogP contribution in [0.3, 0.4) is 0 Å². The van der Waals surface area contributed by atoms with Gasteiger partial charge in [0.25, 0.3) is 0 Å². The molecule has 7 heteroatoms. The Morgan fingerprint density at radius 2 is 2.30 bits per heavy atom. The first kappa shape index (κ1) is 20.1. The molecule has 27 heavy (non-hydrogen) atoms. The number of aromatic nitrogens is 2. The van der Waals surface area contributed by atoms with Gasteiger partial charge in [-0.05, 0) is 51.6 Å². The minimum atomic E-state index is -0.210. The van der Waals surface area contributed by atoms with Crippen molar-refractivity contribution in [3.63, 3.8) is 0 Å². The maximum atomic E-state index is 12.6. The van der Waals surface area contributed by atoms with Gasteiger partial charge >= 0.3 is 6.03 Å². The number of aryl methyl sites for hydroxylation is 1. The summed E-state index contributed by atoms with van der Waals surface area (Å²) in [6, 6.07) is 0.314. The summed E-state index contributed by atoms with van der Waals surface area (Å²) in [5, 5.41) is 7.44. The fraction of sp³-hybridized carbons (Fsp3) is 0.800. The van der Waals surface area contributed by atoms with E-state index in [1.165, 1.54) is 12.0 Å². The van der Waals surface area contributed by atoms with Gasteiger partial charge in [-0.3, -0.25) is 9.58 Å². The number of carbonyl (C=O) groups is 1. The first-order valence-corrected chi connectivity index (χ1v) is 10.3. The molecule has 3 rings (SSSR count). The fourth-order valence-electron chi connectivity index (χ4n) is 4.58. The molecule has 1 aromatic heterocycles. The molecule has 0 aliphatic carbocycles. The van der Waals surface area contributed by atoms with Gasteiger partial charge in [-0.15, -0.1) is 0 Å². The highest BCUT2D eigenvalue weighted by Gasteiger charge is 2.35. The molecule has 1 N–H and O–H groups in total. The first-order chi connectivity index (χ1) is 12.9. The van der Waals surface area contributed by atoms with Gasteiger partial charge in [-0.2, -0.15) is 5.10 Å². The number of nitrogens with zero attached hydrogens (tertiary/aromatic N) is 4. The Kier molecular flexibility index (Phi) is 6.42. The lowest BCUT2D eigenvalue weighted by Crippen LogP contribution is -2.48. The normalized spacial score (nSPS) is 29.0. The molecule has 2 fully saturated rings. The van der Waals surface area contributed by atoms with Crippen molar-refractivity contribution in [3.8, 4) is 0 Å². The molecule has 0 aromatic carbocycles. The van der Waals surface area contributed by atoms with Crippen molar-refractivity contribution in [3.05, 3.63) is 18.0 Å². The SMILES string of the molecule is CCN1CCC[C@@H](CN(C)C(=O)NC[C@@]2(C)CCCO2)[C@@H]1c1cnn(C)c1. The summed E-state index contributed by atoms with van der Waals surface area (Å²) in [5.41, 5.74) is 1.04. The van der Waals surface area contributed by atoms with E-state index in [0.717, 1.165) is 45.5 Å². The van der Waals surface area contributed by atoms with E-state index in [9.17, 15) is 4.79 Å². The molecule has 0 radical (unpaired) electrons. The average molecular weight is 378 g/mol. The fourth-order valence-corrected chi connectivity index (χ4v) is 4.58. The summed E-state index contributed by atoms with van der Waals surface area (Å²) in [4.78, 5) is 17.0. The standard InChI is InChI=1S/C20H35N5O2/c1-5-25-10-6-8-16(18(25)17-12-22-24(4)14-17)13-23(3)19(26)21-15-20(2)9-7-11-27-20/h12,14,16,18H,5-11,13,15H2,1-4H3,(H,21,26)/t16-,18+,20+/m0/s1. The molecule has 3 heterocycles. The van der Waals surface area contributed by atoms with Gasteiger partial charge in [0.05, 0.1) is 11.8 Å². The Labute approximate surface area is 163 Å². The molecule has 0 bridgehead atoms. The smallest absolute Gasteiger partial charge is 0.317 e. The molecule has 152 valence electrons. The highest BCUT2D eigenvalue weighted by Crippen LogP contribution is 2.36. The third-order valence-electron chi connectivity index (χ3n) is 6.10.